The zero-order valence-electron chi connectivity index (χ0n) is 15.7. The number of carbonyl (C=O) groups is 2. The molecule has 3 N–H and O–H groups in total. The third kappa shape index (κ3) is 4.87. The Morgan fingerprint density at radius 1 is 1.14 bits per heavy atom. The van der Waals surface area contributed by atoms with Crippen LogP contribution in [0.2, 0.25) is 0 Å². The quantitative estimate of drug-likeness (QED) is 0.471. The van der Waals surface area contributed by atoms with E-state index in [1.807, 2.05) is 36.0 Å². The van der Waals surface area contributed by atoms with E-state index in [-0.39, 0.29) is 29.6 Å². The topological polar surface area (TPSA) is 87.7 Å². The Hall–Kier alpha value is -2.03. The molecule has 1 atom stereocenters. The highest BCUT2D eigenvalue weighted by Crippen LogP contribution is 2.50. The van der Waals surface area contributed by atoms with Gasteiger partial charge in [-0.15, -0.1) is 23.1 Å². The first-order chi connectivity index (χ1) is 13.6. The number of benzene rings is 1. The minimum atomic E-state index is -0.345. The second-order valence-corrected chi connectivity index (χ2v) is 9.22. The molecule has 1 fully saturated rings. The fraction of sp³-hybridized carbons (Fsp3) is 0.400. The van der Waals surface area contributed by atoms with Crippen molar-refractivity contribution < 1.29 is 19.5 Å². The van der Waals surface area contributed by atoms with Crippen molar-refractivity contribution in [2.75, 3.05) is 19.4 Å². The first-order valence-corrected chi connectivity index (χ1v) is 11.0. The van der Waals surface area contributed by atoms with E-state index >= 15 is 0 Å². The second-order valence-electron chi connectivity index (χ2n) is 6.66. The fourth-order valence-corrected chi connectivity index (χ4v) is 6.14. The second kappa shape index (κ2) is 9.45. The van der Waals surface area contributed by atoms with Crippen LogP contribution in [0.25, 0.3) is 10.4 Å². The maximum absolute atomic E-state index is 11.9. The van der Waals surface area contributed by atoms with Gasteiger partial charge >= 0.3 is 0 Å². The molecule has 3 rings (SSSR count). The summed E-state index contributed by atoms with van der Waals surface area (Å²) in [6, 6.07) is 11.8. The molecule has 28 heavy (non-hydrogen) atoms. The van der Waals surface area contributed by atoms with Gasteiger partial charge in [-0.2, -0.15) is 0 Å². The molecule has 0 radical (unpaired) electrons. The molecule has 2 heterocycles. The van der Waals surface area contributed by atoms with E-state index in [4.69, 9.17) is 9.94 Å². The molecule has 0 aliphatic carbocycles. The molecule has 6 nitrogen and oxygen atoms in total. The summed E-state index contributed by atoms with van der Waals surface area (Å²) in [4.78, 5) is 25.4. The van der Waals surface area contributed by atoms with Gasteiger partial charge in [0.1, 0.15) is 5.75 Å². The predicted molar refractivity (Wildman–Crippen MR) is 112 cm³/mol. The average Bonchev–Trinajstić information content (AvgIpc) is 3.24. The summed E-state index contributed by atoms with van der Waals surface area (Å²) in [5.74, 6) is 1.14. The summed E-state index contributed by atoms with van der Waals surface area (Å²) < 4.78 is 5.17. The molecule has 0 bridgehead atoms. The van der Waals surface area contributed by atoms with E-state index in [0.29, 0.717) is 5.75 Å². The van der Waals surface area contributed by atoms with Crippen LogP contribution in [-0.2, 0) is 14.3 Å². The van der Waals surface area contributed by atoms with Gasteiger partial charge in [0.15, 0.2) is 6.61 Å². The normalized spacial score (nSPS) is 19.1. The van der Waals surface area contributed by atoms with Crippen LogP contribution in [0.5, 0.6) is 5.75 Å². The van der Waals surface area contributed by atoms with Crippen LogP contribution in [0.4, 0.5) is 0 Å². The van der Waals surface area contributed by atoms with E-state index < -0.39 is 0 Å². The lowest BCUT2D eigenvalue weighted by molar-refractivity contribution is -0.130. The maximum atomic E-state index is 11.9. The number of rotatable bonds is 7. The summed E-state index contributed by atoms with van der Waals surface area (Å²) >= 11 is 3.49. The van der Waals surface area contributed by atoms with Gasteiger partial charge in [0.2, 0.25) is 5.91 Å². The van der Waals surface area contributed by atoms with Gasteiger partial charge < -0.3 is 10.1 Å². The summed E-state index contributed by atoms with van der Waals surface area (Å²) in [5, 5.41) is 11.5. The Morgan fingerprint density at radius 2 is 1.93 bits per heavy atom. The number of thioether (sulfide) groups is 1. The van der Waals surface area contributed by atoms with E-state index in [2.05, 4.69) is 17.4 Å². The Balaban J connectivity index is 1.76. The number of ether oxygens (including phenoxy) is 1. The number of hydroxylamine groups is 1. The number of thiophene rings is 1. The average molecular weight is 421 g/mol. The van der Waals surface area contributed by atoms with Gasteiger partial charge in [0.25, 0.3) is 5.91 Å². The molecule has 1 aromatic heterocycles. The summed E-state index contributed by atoms with van der Waals surface area (Å²) in [6.07, 6.45) is 3.44. The van der Waals surface area contributed by atoms with E-state index in [0.717, 1.165) is 40.3 Å². The minimum Gasteiger partial charge on any atom is -0.484 e. The van der Waals surface area contributed by atoms with Crippen molar-refractivity contribution in [3.8, 4) is 16.2 Å². The van der Waals surface area contributed by atoms with Gasteiger partial charge in [0.05, 0.1) is 4.75 Å². The van der Waals surface area contributed by atoms with E-state index in [1.165, 1.54) is 0 Å². The Morgan fingerprint density at radius 3 is 2.57 bits per heavy atom. The molecule has 0 spiro atoms. The fourth-order valence-electron chi connectivity index (χ4n) is 3.25. The summed E-state index contributed by atoms with van der Waals surface area (Å²) in [5.41, 5.74) is 2.85. The first-order valence-electron chi connectivity index (χ1n) is 9.17. The summed E-state index contributed by atoms with van der Waals surface area (Å²) in [7, 11) is 1.57. The highest BCUT2D eigenvalue weighted by molar-refractivity contribution is 8.00. The van der Waals surface area contributed by atoms with Crippen LogP contribution in [0.15, 0.2) is 36.4 Å². The van der Waals surface area contributed by atoms with Crippen LogP contribution < -0.4 is 15.5 Å². The standard InChI is InChI=1S/C20H24N2O4S2/c1-21-19(24)13-26-15-6-4-14(5-7-15)16-8-9-17(28-16)20(12-18(23)22-25)10-2-3-11-27-20/h4-9,25H,2-3,10-13H2,1H3,(H,21,24)(H,22,23)/t20-/m0/s1. The SMILES string of the molecule is CNC(=O)COc1ccc(-c2ccc([C@@]3(CC(=O)NO)CCCCS3)s2)cc1. The predicted octanol–water partition coefficient (Wildman–Crippen LogP) is 3.55. The molecule has 1 aliphatic heterocycles. The number of hydrogen-bond acceptors (Lipinski definition) is 6. The molecule has 0 saturated carbocycles. The van der Waals surface area contributed by atoms with E-state index in [9.17, 15) is 9.59 Å². The number of amides is 2. The van der Waals surface area contributed by atoms with Crippen LogP contribution in [0.3, 0.4) is 0 Å². The van der Waals surface area contributed by atoms with Crippen LogP contribution >= 0.6 is 23.1 Å². The zero-order chi connectivity index (χ0) is 20.0. The van der Waals surface area contributed by atoms with Crippen LogP contribution in [0, 0.1) is 0 Å². The molecule has 2 aromatic rings. The number of likely N-dealkylation sites (N-methyl/N-ethyl adjacent to an activating group) is 1. The Kier molecular flexibility index (Phi) is 6.98. The molecule has 0 unspecified atom stereocenters. The zero-order valence-corrected chi connectivity index (χ0v) is 17.3. The highest BCUT2D eigenvalue weighted by atomic mass is 32.2. The van der Waals surface area contributed by atoms with Gasteiger partial charge in [-0.3, -0.25) is 14.8 Å². The third-order valence-electron chi connectivity index (χ3n) is 4.77. The molecule has 1 aliphatic rings. The molecule has 8 heteroatoms. The number of carbonyl (C=O) groups excluding carboxylic acids is 2. The third-order valence-corrected chi connectivity index (χ3v) is 7.85. The lowest BCUT2D eigenvalue weighted by atomic mass is 9.94. The number of nitrogens with one attached hydrogen (secondary N) is 2. The molecule has 2 amide bonds. The van der Waals surface area contributed by atoms with Gasteiger partial charge in [-0.25, -0.2) is 5.48 Å². The van der Waals surface area contributed by atoms with Crippen molar-refractivity contribution in [1.82, 2.24) is 10.8 Å². The Labute approximate surface area is 172 Å². The van der Waals surface area contributed by atoms with Gasteiger partial charge in [-0.1, -0.05) is 6.42 Å². The monoisotopic (exact) mass is 420 g/mol. The highest BCUT2D eigenvalue weighted by Gasteiger charge is 2.38. The molecule has 150 valence electrons. The molecule has 1 aromatic carbocycles. The maximum Gasteiger partial charge on any atom is 0.257 e. The van der Waals surface area contributed by atoms with Crippen LogP contribution in [0.1, 0.15) is 30.6 Å². The van der Waals surface area contributed by atoms with Gasteiger partial charge in [-0.05, 0) is 60.6 Å². The van der Waals surface area contributed by atoms with Crippen molar-refractivity contribution in [2.24, 2.45) is 0 Å². The first kappa shape index (κ1) is 20.7. The van der Waals surface area contributed by atoms with Crippen molar-refractivity contribution in [1.29, 1.82) is 0 Å². The van der Waals surface area contributed by atoms with Crippen molar-refractivity contribution in [3.63, 3.8) is 0 Å². The molecular weight excluding hydrogens is 396 g/mol. The van der Waals surface area contributed by atoms with Crippen molar-refractivity contribution in [2.45, 2.75) is 30.4 Å². The van der Waals surface area contributed by atoms with Crippen molar-refractivity contribution >= 4 is 34.9 Å². The van der Waals surface area contributed by atoms with E-state index in [1.54, 1.807) is 23.9 Å². The summed E-state index contributed by atoms with van der Waals surface area (Å²) in [6.45, 7) is -0.00827. The largest absolute Gasteiger partial charge is 0.484 e. The lowest BCUT2D eigenvalue weighted by Crippen LogP contribution is -2.32. The Bertz CT molecular complexity index is 814. The number of hydrogen-bond donors (Lipinski definition) is 3. The lowest BCUT2D eigenvalue weighted by Gasteiger charge is -2.35. The molecular formula is C20H24N2O4S2. The van der Waals surface area contributed by atoms with Gasteiger partial charge in [0, 0.05) is 23.2 Å². The van der Waals surface area contributed by atoms with Crippen LogP contribution in [-0.4, -0.2) is 36.4 Å². The minimum absolute atomic E-state index is 0.00827. The smallest absolute Gasteiger partial charge is 0.257 e. The van der Waals surface area contributed by atoms with Crippen molar-refractivity contribution in [3.05, 3.63) is 41.3 Å². The molecule has 1 saturated heterocycles.